The first-order chi connectivity index (χ1) is 10.9. The Morgan fingerprint density at radius 1 is 0.630 bits per heavy atom. The van der Waals surface area contributed by atoms with E-state index in [1.54, 1.807) is 0 Å². The van der Waals surface area contributed by atoms with Gasteiger partial charge in [-0.1, -0.05) is 65.6 Å². The van der Waals surface area contributed by atoms with E-state index in [9.17, 15) is 0 Å². The van der Waals surface area contributed by atoms with Crippen LogP contribution in [0.1, 0.15) is 50.4 Å². The van der Waals surface area contributed by atoms with E-state index in [-0.39, 0.29) is 58.9 Å². The first-order valence-corrected chi connectivity index (χ1v) is 8.32. The molecule has 3 rings (SSSR count). The van der Waals surface area contributed by atoms with Crippen LogP contribution in [0.25, 0.3) is 0 Å². The van der Waals surface area contributed by atoms with Crippen LogP contribution < -0.4 is 37.2 Å². The molecular formula is C23H25Cl3Ti. The first-order valence-electron chi connectivity index (χ1n) is 8.32. The fourth-order valence-corrected chi connectivity index (χ4v) is 3.75. The second kappa shape index (κ2) is 12.0. The minimum Gasteiger partial charge on any atom is -1.00 e. The molecule has 0 saturated heterocycles. The standard InChI is InChI=1S/C23H25.3ClH.Ti/c1-15-9-16(2)12-20(11-15)23(22-8-6-7-19(22)5)21-13-17(3)10-18(4)14-21;;;;/h6-14,23H,1-5H3;3*1H;/q-1;;;;+4/p-3. The van der Waals surface area contributed by atoms with Gasteiger partial charge in [-0.2, -0.15) is 11.6 Å². The van der Waals surface area contributed by atoms with Crippen LogP contribution in [0, 0.1) is 34.6 Å². The van der Waals surface area contributed by atoms with Crippen LogP contribution in [-0.2, 0) is 21.7 Å². The predicted molar refractivity (Wildman–Crippen MR) is 99.5 cm³/mol. The zero-order valence-corrected chi connectivity index (χ0v) is 20.2. The van der Waals surface area contributed by atoms with Gasteiger partial charge < -0.3 is 37.2 Å². The summed E-state index contributed by atoms with van der Waals surface area (Å²) in [7, 11) is 0. The Kier molecular flexibility index (Phi) is 12.8. The number of aryl methyl sites for hydroxylation is 5. The van der Waals surface area contributed by atoms with Crippen LogP contribution in [0.3, 0.4) is 0 Å². The summed E-state index contributed by atoms with van der Waals surface area (Å²) in [6.07, 6.45) is 0. The maximum absolute atomic E-state index is 2.34. The summed E-state index contributed by atoms with van der Waals surface area (Å²) < 4.78 is 0. The van der Waals surface area contributed by atoms with Gasteiger partial charge in [0.25, 0.3) is 0 Å². The zero-order valence-electron chi connectivity index (χ0n) is 16.4. The number of rotatable bonds is 3. The van der Waals surface area contributed by atoms with Crippen LogP contribution in [-0.4, -0.2) is 0 Å². The second-order valence-corrected chi connectivity index (χ2v) is 6.94. The summed E-state index contributed by atoms with van der Waals surface area (Å²) in [5.41, 5.74) is 10.9. The molecule has 0 N–H and O–H groups in total. The van der Waals surface area contributed by atoms with Gasteiger partial charge in [0, 0.05) is 0 Å². The largest absolute Gasteiger partial charge is 4.00 e. The first kappa shape index (κ1) is 28.6. The van der Waals surface area contributed by atoms with Crippen LogP contribution >= 0.6 is 0 Å². The van der Waals surface area contributed by atoms with Gasteiger partial charge in [-0.3, -0.25) is 0 Å². The van der Waals surface area contributed by atoms with Crippen molar-refractivity contribution in [3.05, 3.63) is 99.1 Å². The molecule has 0 aliphatic carbocycles. The molecule has 0 aliphatic rings. The maximum Gasteiger partial charge on any atom is 4.00 e. The van der Waals surface area contributed by atoms with Crippen molar-refractivity contribution in [3.63, 3.8) is 0 Å². The third-order valence-electron chi connectivity index (χ3n) is 4.54. The Balaban J connectivity index is 0. The number of hydrogen-bond donors (Lipinski definition) is 0. The third kappa shape index (κ3) is 6.73. The molecule has 0 saturated carbocycles. The van der Waals surface area contributed by atoms with E-state index in [2.05, 4.69) is 89.2 Å². The molecule has 0 nitrogen and oxygen atoms in total. The number of halogens is 3. The fourth-order valence-electron chi connectivity index (χ4n) is 3.75. The van der Waals surface area contributed by atoms with Gasteiger partial charge in [0.1, 0.15) is 0 Å². The van der Waals surface area contributed by atoms with Crippen molar-refractivity contribution in [2.24, 2.45) is 0 Å². The van der Waals surface area contributed by atoms with E-state index in [4.69, 9.17) is 0 Å². The van der Waals surface area contributed by atoms with Crippen LogP contribution in [0.2, 0.25) is 0 Å². The van der Waals surface area contributed by atoms with Gasteiger partial charge in [0.15, 0.2) is 0 Å². The minimum absolute atomic E-state index is 0. The molecule has 27 heavy (non-hydrogen) atoms. The zero-order chi connectivity index (χ0) is 16.6. The summed E-state index contributed by atoms with van der Waals surface area (Å²) in [4.78, 5) is 0. The summed E-state index contributed by atoms with van der Waals surface area (Å²) >= 11 is 0. The molecule has 3 aromatic carbocycles. The van der Waals surface area contributed by atoms with Crippen LogP contribution in [0.15, 0.2) is 54.6 Å². The normalized spacial score (nSPS) is 9.56. The van der Waals surface area contributed by atoms with Crippen molar-refractivity contribution < 1.29 is 58.9 Å². The van der Waals surface area contributed by atoms with Crippen molar-refractivity contribution in [2.45, 2.75) is 40.5 Å². The van der Waals surface area contributed by atoms with Crippen LogP contribution in [0.5, 0.6) is 0 Å². The SMILES string of the molecule is Cc1cc(C)cc(C(c2cc(C)cc(C)c2)[c-]2cccc2C)c1.[Cl-].[Cl-].[Cl-].[Ti+4]. The molecule has 3 aromatic rings. The Labute approximate surface area is 197 Å². The molecule has 0 amide bonds. The molecule has 0 heterocycles. The van der Waals surface area contributed by atoms with E-state index in [1.165, 1.54) is 44.5 Å². The van der Waals surface area contributed by atoms with Crippen molar-refractivity contribution >= 4 is 0 Å². The van der Waals surface area contributed by atoms with Gasteiger partial charge >= 0.3 is 21.7 Å². The molecule has 0 fully saturated rings. The van der Waals surface area contributed by atoms with Gasteiger partial charge in [0.2, 0.25) is 0 Å². The van der Waals surface area contributed by atoms with E-state index in [1.807, 2.05) is 0 Å². The number of benzene rings is 2. The third-order valence-corrected chi connectivity index (χ3v) is 4.54. The Morgan fingerprint density at radius 3 is 1.30 bits per heavy atom. The Bertz CT molecular complexity index is 761. The van der Waals surface area contributed by atoms with E-state index < -0.39 is 0 Å². The van der Waals surface area contributed by atoms with Gasteiger partial charge in [0.05, 0.1) is 0 Å². The molecule has 0 aromatic heterocycles. The van der Waals surface area contributed by atoms with E-state index in [0.29, 0.717) is 5.92 Å². The Morgan fingerprint density at radius 2 is 1.00 bits per heavy atom. The molecule has 0 unspecified atom stereocenters. The van der Waals surface area contributed by atoms with E-state index in [0.717, 1.165) is 0 Å². The van der Waals surface area contributed by atoms with Gasteiger partial charge in [-0.25, -0.2) is 12.1 Å². The molecule has 0 bridgehead atoms. The average Bonchev–Trinajstić information content (AvgIpc) is 2.83. The molecule has 0 aliphatic heterocycles. The van der Waals surface area contributed by atoms with Crippen molar-refractivity contribution in [1.29, 1.82) is 0 Å². The molecule has 142 valence electrons. The summed E-state index contributed by atoms with van der Waals surface area (Å²) in [6.45, 7) is 11.0. The minimum atomic E-state index is 0. The second-order valence-electron chi connectivity index (χ2n) is 6.94. The molecule has 0 atom stereocenters. The Hall–Kier alpha value is -0.626. The van der Waals surface area contributed by atoms with Crippen molar-refractivity contribution in [2.75, 3.05) is 0 Å². The quantitative estimate of drug-likeness (QED) is 0.295. The van der Waals surface area contributed by atoms with Crippen molar-refractivity contribution in [3.8, 4) is 0 Å². The molecular weight excluding hydrogens is 430 g/mol. The van der Waals surface area contributed by atoms with Crippen LogP contribution in [0.4, 0.5) is 0 Å². The number of hydrogen-bond acceptors (Lipinski definition) is 0. The van der Waals surface area contributed by atoms with Crippen molar-refractivity contribution in [1.82, 2.24) is 0 Å². The van der Waals surface area contributed by atoms with Gasteiger partial charge in [-0.05, 0) is 44.7 Å². The summed E-state index contributed by atoms with van der Waals surface area (Å²) in [5.74, 6) is 0.308. The fraction of sp³-hybridized carbons (Fsp3) is 0.261. The average molecular weight is 456 g/mol. The molecule has 0 radical (unpaired) electrons. The molecule has 0 spiro atoms. The predicted octanol–water partition coefficient (Wildman–Crippen LogP) is -2.86. The van der Waals surface area contributed by atoms with E-state index >= 15 is 0 Å². The summed E-state index contributed by atoms with van der Waals surface area (Å²) in [6, 6.07) is 20.5. The smallest absolute Gasteiger partial charge is 1.00 e. The molecule has 4 heteroatoms. The van der Waals surface area contributed by atoms with Gasteiger partial charge in [-0.15, -0.1) is 5.56 Å². The maximum atomic E-state index is 2.34. The monoisotopic (exact) mass is 454 g/mol. The summed E-state index contributed by atoms with van der Waals surface area (Å²) in [5, 5.41) is 0. The topological polar surface area (TPSA) is 0 Å².